The van der Waals surface area contributed by atoms with Gasteiger partial charge in [0.05, 0.1) is 33.8 Å². The number of anilines is 2. The van der Waals surface area contributed by atoms with Crippen LogP contribution >= 0.6 is 35.6 Å². The number of ether oxygens (including phenoxy) is 1. The zero-order chi connectivity index (χ0) is 45.9. The first-order valence-corrected chi connectivity index (χ1v) is 23.0. The summed E-state index contributed by atoms with van der Waals surface area (Å²) in [5.74, 6) is 0.982. The van der Waals surface area contributed by atoms with Crippen LogP contribution in [0.15, 0.2) is 73.3 Å². The number of halogens is 3. The van der Waals surface area contributed by atoms with Gasteiger partial charge in [0, 0.05) is 95.4 Å². The third kappa shape index (κ3) is 13.7. The molecule has 19 heteroatoms. The number of carbonyl (C=O) groups excluding carboxylic acids is 3. The molecule has 4 atom stereocenters. The lowest BCUT2D eigenvalue weighted by atomic mass is 9.91. The van der Waals surface area contributed by atoms with Gasteiger partial charge in [-0.15, -0.1) is 12.4 Å². The Kier molecular flexibility index (Phi) is 17.5. The summed E-state index contributed by atoms with van der Waals surface area (Å²) in [7, 11) is 0. The predicted octanol–water partition coefficient (Wildman–Crippen LogP) is 8.92. The van der Waals surface area contributed by atoms with Gasteiger partial charge in [-0.2, -0.15) is 0 Å². The van der Waals surface area contributed by atoms with Gasteiger partial charge >= 0.3 is 6.09 Å². The highest BCUT2D eigenvalue weighted by molar-refractivity contribution is 6.33. The smallest absolute Gasteiger partial charge is 0.407 e. The average molecular weight is 962 g/mol. The number of hydrogen-bond acceptors (Lipinski definition) is 11. The van der Waals surface area contributed by atoms with E-state index in [1.54, 1.807) is 33.2 Å². The van der Waals surface area contributed by atoms with Crippen LogP contribution in [0.2, 0.25) is 10.0 Å². The van der Waals surface area contributed by atoms with Crippen LogP contribution in [0.5, 0.6) is 0 Å². The van der Waals surface area contributed by atoms with E-state index in [4.69, 9.17) is 43.6 Å². The lowest BCUT2D eigenvalue weighted by Gasteiger charge is -2.30. The Bertz CT molecular complexity index is 2580. The molecule has 4 aromatic heterocycles. The fraction of sp³-hybridized carbons (Fsp3) is 0.426. The van der Waals surface area contributed by atoms with Crippen molar-refractivity contribution >= 4 is 87.2 Å². The molecular weight excluding hydrogens is 903 g/mol. The first-order chi connectivity index (χ1) is 31.3. The van der Waals surface area contributed by atoms with Gasteiger partial charge in [0.25, 0.3) is 0 Å². The predicted molar refractivity (Wildman–Crippen MR) is 264 cm³/mol. The van der Waals surface area contributed by atoms with E-state index in [1.807, 2.05) is 60.9 Å². The number of hydrogen-bond donors (Lipinski definition) is 8. The molecule has 0 saturated heterocycles. The number of nitrogens with two attached hydrogens (primary N) is 1. The Hall–Kier alpha value is -5.68. The molecule has 352 valence electrons. The van der Waals surface area contributed by atoms with Crippen LogP contribution in [-0.4, -0.2) is 90.7 Å². The van der Waals surface area contributed by atoms with Gasteiger partial charge in [-0.1, -0.05) is 59.6 Å². The maximum atomic E-state index is 12.4. The maximum Gasteiger partial charge on any atom is 0.407 e. The monoisotopic (exact) mass is 960 g/mol. The molecule has 0 radical (unpaired) electrons. The molecule has 9 N–H and O–H groups in total. The number of amides is 3. The molecule has 2 fully saturated rings. The topological polar surface area (TPSA) is 230 Å². The van der Waals surface area contributed by atoms with Gasteiger partial charge in [-0.3, -0.25) is 9.59 Å². The van der Waals surface area contributed by atoms with E-state index in [0.29, 0.717) is 46.3 Å². The Morgan fingerprint density at radius 2 is 1.17 bits per heavy atom. The molecular formula is C47H59Cl3N12O4. The fourth-order valence-electron chi connectivity index (χ4n) is 8.38. The molecule has 0 unspecified atom stereocenters. The second kappa shape index (κ2) is 23.2. The molecule has 2 aliphatic rings. The molecule has 2 saturated carbocycles. The number of carbonyl (C=O) groups is 3. The van der Waals surface area contributed by atoms with Crippen LogP contribution in [-0.2, 0) is 14.3 Å². The zero-order valence-electron chi connectivity index (χ0n) is 37.4. The molecule has 0 bridgehead atoms. The van der Waals surface area contributed by atoms with Crippen molar-refractivity contribution in [3.63, 3.8) is 0 Å². The minimum Gasteiger partial charge on any atom is -0.444 e. The lowest BCUT2D eigenvalue weighted by molar-refractivity contribution is -0.122. The largest absolute Gasteiger partial charge is 0.444 e. The fourth-order valence-corrected chi connectivity index (χ4v) is 8.76. The number of rotatable bonds is 13. The summed E-state index contributed by atoms with van der Waals surface area (Å²) in [6.07, 6.45) is 14.6. The second-order valence-corrected chi connectivity index (χ2v) is 18.4. The summed E-state index contributed by atoms with van der Waals surface area (Å²) >= 11 is 12.9. The van der Waals surface area contributed by atoms with Crippen LogP contribution < -0.4 is 32.3 Å². The van der Waals surface area contributed by atoms with E-state index in [-0.39, 0.29) is 61.4 Å². The average Bonchev–Trinajstić information content (AvgIpc) is 3.90. The van der Waals surface area contributed by atoms with E-state index in [2.05, 4.69) is 46.5 Å². The van der Waals surface area contributed by atoms with Crippen molar-refractivity contribution in [3.05, 3.63) is 83.4 Å². The van der Waals surface area contributed by atoms with Crippen molar-refractivity contribution < 1.29 is 19.1 Å². The number of benzene rings is 2. The molecule has 4 heterocycles. The van der Waals surface area contributed by atoms with E-state index in [1.165, 1.54) is 0 Å². The minimum atomic E-state index is -0.569. The van der Waals surface area contributed by atoms with Crippen LogP contribution in [0, 0.1) is 0 Å². The van der Waals surface area contributed by atoms with Crippen LogP contribution in [0.1, 0.15) is 85.0 Å². The maximum absolute atomic E-state index is 12.4. The third-order valence-electron chi connectivity index (χ3n) is 11.3. The molecule has 2 aromatic carbocycles. The van der Waals surface area contributed by atoms with Crippen LogP contribution in [0.3, 0.4) is 0 Å². The van der Waals surface area contributed by atoms with Crippen molar-refractivity contribution in [1.82, 2.24) is 45.9 Å². The second-order valence-electron chi connectivity index (χ2n) is 17.5. The summed E-state index contributed by atoms with van der Waals surface area (Å²) in [6.45, 7) is 5.99. The van der Waals surface area contributed by atoms with Crippen molar-refractivity contribution in [3.8, 4) is 22.5 Å². The Morgan fingerprint density at radius 3 is 1.64 bits per heavy atom. The number of aromatic nitrogens is 6. The normalized spacial score (nSPS) is 18.3. The van der Waals surface area contributed by atoms with Gasteiger partial charge in [0.2, 0.25) is 23.7 Å². The lowest BCUT2D eigenvalue weighted by Crippen LogP contribution is -2.43. The van der Waals surface area contributed by atoms with Gasteiger partial charge in [-0.25, -0.2) is 24.7 Å². The van der Waals surface area contributed by atoms with Crippen LogP contribution in [0.4, 0.5) is 16.7 Å². The number of alkyl carbamates (subject to hydrolysis) is 1. The Balaban J connectivity index is 0.000000220. The molecule has 16 nitrogen and oxygen atoms in total. The van der Waals surface area contributed by atoms with Gasteiger partial charge in [0.15, 0.2) is 0 Å². The molecule has 0 spiro atoms. The number of nitrogens with zero attached hydrogens (tertiary/aromatic N) is 4. The highest BCUT2D eigenvalue weighted by Gasteiger charge is 2.26. The van der Waals surface area contributed by atoms with Crippen molar-refractivity contribution in [2.75, 3.05) is 23.7 Å². The molecule has 3 amide bonds. The summed E-state index contributed by atoms with van der Waals surface area (Å²) in [4.78, 5) is 60.7. The SMILES string of the molecule is CC(C)(C)OC(=O)NCCC(=O)N[C@H]1CCC[C@@H](Nc2ncc(Cl)c(-c3c[nH]c4ccccc34)n2)C1.Cl.NCCC(=O)N[C@H]1CCC[C@@H](Nc2ncc(Cl)c(-c3c[nH]c4ccccc34)n2)C1. The van der Waals surface area contributed by atoms with Gasteiger partial charge in [0.1, 0.15) is 5.60 Å². The van der Waals surface area contributed by atoms with E-state index in [9.17, 15) is 14.4 Å². The standard InChI is InChI=1S/C26H33ClN6O3.C21H25ClN6O.ClH/c1-26(2,3)36-25(35)28-12-11-22(34)31-16-7-6-8-17(13-16)32-24-30-15-20(27)23(33-24)19-14-29-21-10-5-4-9-18(19)21;22-17-12-25-21(27-14-5-3-4-13(10-14)26-19(29)8-9-23)28-20(17)16-11-24-18-7-2-1-6-15(16)18;/h4-5,9-10,14-17,29H,6-8,11-13H2,1-3H3,(H,28,35)(H,31,34)(H,30,32,33);1-2,6-7,11-14,24H,3-5,8-10,23H2,(H,26,29)(H,25,27,28);1H/t16-,17+;13-,14+;/m00./s1. The summed E-state index contributed by atoms with van der Waals surface area (Å²) < 4.78 is 5.19. The molecule has 2 aliphatic carbocycles. The first-order valence-electron chi connectivity index (χ1n) is 22.3. The van der Waals surface area contributed by atoms with E-state index in [0.717, 1.165) is 84.3 Å². The molecule has 6 aromatic rings. The first kappa shape index (κ1) is 49.7. The Morgan fingerprint density at radius 1 is 0.712 bits per heavy atom. The summed E-state index contributed by atoms with van der Waals surface area (Å²) in [5, 5.41) is 18.7. The number of para-hydroxylation sites is 2. The molecule has 66 heavy (non-hydrogen) atoms. The third-order valence-corrected chi connectivity index (χ3v) is 11.9. The highest BCUT2D eigenvalue weighted by atomic mass is 35.5. The zero-order valence-corrected chi connectivity index (χ0v) is 39.7. The van der Waals surface area contributed by atoms with Gasteiger partial charge < -0.3 is 47.0 Å². The minimum absolute atomic E-state index is 0. The summed E-state index contributed by atoms with van der Waals surface area (Å²) in [5.41, 5.74) is 10.2. The van der Waals surface area contributed by atoms with Crippen molar-refractivity contribution in [2.24, 2.45) is 5.73 Å². The quantitative estimate of drug-likeness (QED) is 0.0545. The van der Waals surface area contributed by atoms with Crippen molar-refractivity contribution in [2.45, 2.75) is 115 Å². The number of nitrogens with one attached hydrogen (secondary N) is 7. The van der Waals surface area contributed by atoms with E-state index < -0.39 is 11.7 Å². The van der Waals surface area contributed by atoms with Gasteiger partial charge in [-0.05, 0) is 84.3 Å². The number of H-pyrrole nitrogens is 2. The number of aromatic amines is 2. The van der Waals surface area contributed by atoms with E-state index >= 15 is 0 Å². The van der Waals surface area contributed by atoms with Crippen LogP contribution in [0.25, 0.3) is 44.3 Å². The highest BCUT2D eigenvalue weighted by Crippen LogP contribution is 2.34. The summed E-state index contributed by atoms with van der Waals surface area (Å²) in [6, 6.07) is 16.6. The molecule has 8 rings (SSSR count). The Labute approximate surface area is 400 Å². The molecule has 0 aliphatic heterocycles. The van der Waals surface area contributed by atoms with Crippen molar-refractivity contribution in [1.29, 1.82) is 0 Å². The number of fused-ring (bicyclic) bond motifs is 2.